The summed E-state index contributed by atoms with van der Waals surface area (Å²) >= 11 is 0. The zero-order valence-electron chi connectivity index (χ0n) is 11.1. The average molecular weight is 226 g/mol. The highest BCUT2D eigenvalue weighted by atomic mass is 16.1. The van der Waals surface area contributed by atoms with E-state index >= 15 is 0 Å². The smallest absolute Gasteiger partial charge is 0.241 e. The Bertz CT molecular complexity index is 168. The van der Waals surface area contributed by atoms with Gasteiger partial charge in [0.15, 0.2) is 0 Å². The number of amides is 1. The highest BCUT2D eigenvalue weighted by Crippen LogP contribution is 2.15. The predicted molar refractivity (Wildman–Crippen MR) is 69.1 cm³/mol. The number of nitrogens with one attached hydrogen (secondary N) is 1. The van der Waals surface area contributed by atoms with E-state index in [0.717, 1.165) is 19.3 Å². The molecule has 2 heteroatoms. The zero-order valence-corrected chi connectivity index (χ0v) is 11.1. The Balaban J connectivity index is 3.22. The Labute approximate surface area is 101 Å². The fourth-order valence-electron chi connectivity index (χ4n) is 2.05. The van der Waals surface area contributed by atoms with E-state index in [9.17, 15) is 4.79 Å². The van der Waals surface area contributed by atoms with Crippen LogP contribution in [-0.2, 0) is 4.79 Å². The SMILES string of the molecule is CCCCCCCCCCC(CC)C([NH])=O. The molecule has 0 heterocycles. The molecule has 0 aliphatic carbocycles. The monoisotopic (exact) mass is 226 g/mol. The van der Waals surface area contributed by atoms with E-state index in [2.05, 4.69) is 6.92 Å². The number of hydrogen-bond donors (Lipinski definition) is 0. The molecule has 0 aromatic rings. The molecule has 0 saturated heterocycles. The first-order chi connectivity index (χ1) is 7.72. The molecule has 16 heavy (non-hydrogen) atoms. The van der Waals surface area contributed by atoms with Crippen molar-refractivity contribution in [3.8, 4) is 0 Å². The van der Waals surface area contributed by atoms with Gasteiger partial charge in [-0.15, -0.1) is 0 Å². The van der Waals surface area contributed by atoms with E-state index in [1.807, 2.05) is 6.92 Å². The maximum absolute atomic E-state index is 10.9. The summed E-state index contributed by atoms with van der Waals surface area (Å²) in [6.07, 6.45) is 12.2. The number of hydrogen-bond acceptors (Lipinski definition) is 1. The van der Waals surface area contributed by atoms with Crippen LogP contribution in [0, 0.1) is 5.92 Å². The Morgan fingerprint density at radius 1 is 0.938 bits per heavy atom. The summed E-state index contributed by atoms with van der Waals surface area (Å²) in [7, 11) is 0. The Hall–Kier alpha value is -0.530. The lowest BCUT2D eigenvalue weighted by atomic mass is 9.97. The summed E-state index contributed by atoms with van der Waals surface area (Å²) in [4.78, 5) is 10.9. The van der Waals surface area contributed by atoms with Gasteiger partial charge in [-0.3, -0.25) is 10.5 Å². The maximum atomic E-state index is 10.9. The molecule has 0 saturated carbocycles. The third kappa shape index (κ3) is 8.75. The van der Waals surface area contributed by atoms with Crippen LogP contribution in [0.4, 0.5) is 0 Å². The van der Waals surface area contributed by atoms with Crippen LogP contribution in [0.15, 0.2) is 0 Å². The number of unbranched alkanes of at least 4 members (excludes halogenated alkanes) is 7. The minimum absolute atomic E-state index is 0.0000846. The van der Waals surface area contributed by atoms with Gasteiger partial charge in [0, 0.05) is 5.92 Å². The molecule has 0 aliphatic heterocycles. The van der Waals surface area contributed by atoms with E-state index in [1.165, 1.54) is 44.9 Å². The number of carbonyl (C=O) groups is 1. The van der Waals surface area contributed by atoms with Gasteiger partial charge >= 0.3 is 0 Å². The molecule has 0 fully saturated rings. The molecule has 0 aromatic carbocycles. The third-order valence-electron chi connectivity index (χ3n) is 3.27. The molecule has 0 bridgehead atoms. The summed E-state index contributed by atoms with van der Waals surface area (Å²) < 4.78 is 0. The van der Waals surface area contributed by atoms with Crippen molar-refractivity contribution in [3.05, 3.63) is 0 Å². The van der Waals surface area contributed by atoms with Crippen LogP contribution in [0.5, 0.6) is 0 Å². The van der Waals surface area contributed by atoms with Crippen molar-refractivity contribution in [2.24, 2.45) is 5.92 Å². The lowest BCUT2D eigenvalue weighted by Crippen LogP contribution is -2.13. The van der Waals surface area contributed by atoms with Crippen LogP contribution < -0.4 is 5.73 Å². The second-order valence-corrected chi connectivity index (χ2v) is 4.73. The van der Waals surface area contributed by atoms with E-state index < -0.39 is 0 Å². The Kier molecular flexibility index (Phi) is 10.6. The van der Waals surface area contributed by atoms with Gasteiger partial charge in [-0.05, 0) is 12.8 Å². The molecule has 1 amide bonds. The minimum atomic E-state index is -0.370. The third-order valence-corrected chi connectivity index (χ3v) is 3.27. The predicted octanol–water partition coefficient (Wildman–Crippen LogP) is 4.35. The molecule has 0 aliphatic rings. The van der Waals surface area contributed by atoms with Crippen LogP contribution >= 0.6 is 0 Å². The first-order valence-corrected chi connectivity index (χ1v) is 6.97. The van der Waals surface area contributed by atoms with Gasteiger partial charge in [0.25, 0.3) is 0 Å². The maximum Gasteiger partial charge on any atom is 0.241 e. The molecule has 95 valence electrons. The largest absolute Gasteiger partial charge is 0.273 e. The van der Waals surface area contributed by atoms with Crippen molar-refractivity contribution in [2.45, 2.75) is 78.1 Å². The first-order valence-electron chi connectivity index (χ1n) is 6.97. The molecule has 0 aromatic heterocycles. The number of rotatable bonds is 11. The van der Waals surface area contributed by atoms with Gasteiger partial charge in [0.05, 0.1) is 0 Å². The highest BCUT2D eigenvalue weighted by molar-refractivity contribution is 5.75. The van der Waals surface area contributed by atoms with Crippen molar-refractivity contribution >= 4 is 5.91 Å². The molecule has 2 nitrogen and oxygen atoms in total. The summed E-state index contributed by atoms with van der Waals surface area (Å²) in [5.41, 5.74) is 7.09. The lowest BCUT2D eigenvalue weighted by Gasteiger charge is -2.09. The molecule has 1 unspecified atom stereocenters. The second-order valence-electron chi connectivity index (χ2n) is 4.73. The summed E-state index contributed by atoms with van der Waals surface area (Å²) in [6, 6.07) is 0. The van der Waals surface area contributed by atoms with Crippen LogP contribution in [0.3, 0.4) is 0 Å². The van der Waals surface area contributed by atoms with Crippen molar-refractivity contribution in [2.75, 3.05) is 0 Å². The van der Waals surface area contributed by atoms with Gasteiger partial charge in [0.2, 0.25) is 5.91 Å². The lowest BCUT2D eigenvalue weighted by molar-refractivity contribution is -0.122. The van der Waals surface area contributed by atoms with Crippen molar-refractivity contribution in [1.82, 2.24) is 5.73 Å². The highest BCUT2D eigenvalue weighted by Gasteiger charge is 2.12. The van der Waals surface area contributed by atoms with Crippen LogP contribution in [0.2, 0.25) is 0 Å². The zero-order chi connectivity index (χ0) is 12.2. The summed E-state index contributed by atoms with van der Waals surface area (Å²) in [5.74, 6) is -0.370. The van der Waals surface area contributed by atoms with Crippen molar-refractivity contribution in [3.63, 3.8) is 0 Å². The van der Waals surface area contributed by atoms with Crippen LogP contribution in [0.1, 0.15) is 78.1 Å². The molecule has 0 spiro atoms. The van der Waals surface area contributed by atoms with E-state index in [4.69, 9.17) is 5.73 Å². The minimum Gasteiger partial charge on any atom is -0.273 e. The fraction of sp³-hybridized carbons (Fsp3) is 0.929. The first kappa shape index (κ1) is 15.5. The molecule has 1 atom stereocenters. The summed E-state index contributed by atoms with van der Waals surface area (Å²) in [6.45, 7) is 4.24. The van der Waals surface area contributed by atoms with E-state index in [0.29, 0.717) is 0 Å². The van der Waals surface area contributed by atoms with Gasteiger partial charge < -0.3 is 0 Å². The standard InChI is InChI=1S/C14H28NO/c1-3-5-6-7-8-9-10-11-12-13(4-2)14(15)16/h13,15H,3-12H2,1-2H3. The van der Waals surface area contributed by atoms with Crippen LogP contribution in [-0.4, -0.2) is 5.91 Å². The van der Waals surface area contributed by atoms with Gasteiger partial charge in [-0.1, -0.05) is 65.2 Å². The second kappa shape index (κ2) is 11.0. The van der Waals surface area contributed by atoms with E-state index in [-0.39, 0.29) is 11.8 Å². The van der Waals surface area contributed by atoms with Crippen molar-refractivity contribution < 1.29 is 4.79 Å². The van der Waals surface area contributed by atoms with Gasteiger partial charge in [-0.2, -0.15) is 0 Å². The van der Waals surface area contributed by atoms with Gasteiger partial charge in [-0.25, -0.2) is 0 Å². The number of carbonyl (C=O) groups excluding carboxylic acids is 1. The van der Waals surface area contributed by atoms with Crippen LogP contribution in [0.25, 0.3) is 0 Å². The molecular formula is C14H28NO. The van der Waals surface area contributed by atoms with Crippen molar-refractivity contribution in [1.29, 1.82) is 0 Å². The normalized spacial score (nSPS) is 12.6. The fourth-order valence-corrected chi connectivity index (χ4v) is 2.05. The quantitative estimate of drug-likeness (QED) is 0.483. The van der Waals surface area contributed by atoms with E-state index in [1.54, 1.807) is 0 Å². The molecule has 1 N–H and O–H groups in total. The molecular weight excluding hydrogens is 198 g/mol. The summed E-state index contributed by atoms with van der Waals surface area (Å²) in [5, 5.41) is 0. The van der Waals surface area contributed by atoms with Gasteiger partial charge in [0.1, 0.15) is 0 Å². The average Bonchev–Trinajstić information content (AvgIpc) is 2.26. The topological polar surface area (TPSA) is 40.9 Å². The Morgan fingerprint density at radius 2 is 1.44 bits per heavy atom. The Morgan fingerprint density at radius 3 is 1.88 bits per heavy atom. The molecule has 1 radical (unpaired) electrons. The molecule has 0 rings (SSSR count).